The van der Waals surface area contributed by atoms with Crippen LogP contribution in [0.2, 0.25) is 0 Å². The summed E-state index contributed by atoms with van der Waals surface area (Å²) in [5.74, 6) is 0. The average molecular weight is 578 g/mol. The number of benzene rings is 8. The molecule has 1 nitrogen and oxygen atoms in total. The van der Waals surface area contributed by atoms with Crippen LogP contribution in [-0.2, 0) is 0 Å². The van der Waals surface area contributed by atoms with Crippen LogP contribution >= 0.6 is 11.3 Å². The van der Waals surface area contributed by atoms with Gasteiger partial charge in [0.05, 0.1) is 5.69 Å². The lowest BCUT2D eigenvalue weighted by atomic mass is 9.98. The van der Waals surface area contributed by atoms with Gasteiger partial charge < -0.3 is 4.90 Å². The van der Waals surface area contributed by atoms with Crippen LogP contribution < -0.4 is 4.90 Å². The Balaban J connectivity index is 1.27. The Kier molecular flexibility index (Phi) is 5.75. The summed E-state index contributed by atoms with van der Waals surface area (Å²) in [6.45, 7) is 0. The lowest BCUT2D eigenvalue weighted by molar-refractivity contribution is 1.31. The minimum atomic E-state index is 1.13. The second-order valence-corrected chi connectivity index (χ2v) is 12.5. The highest BCUT2D eigenvalue weighted by atomic mass is 32.1. The van der Waals surface area contributed by atoms with Gasteiger partial charge in [0.25, 0.3) is 0 Å². The highest BCUT2D eigenvalue weighted by Gasteiger charge is 2.19. The van der Waals surface area contributed by atoms with Gasteiger partial charge in [0.1, 0.15) is 0 Å². The first-order valence-electron chi connectivity index (χ1n) is 15.0. The highest BCUT2D eigenvalue weighted by molar-refractivity contribution is 7.25. The van der Waals surface area contributed by atoms with Crippen molar-refractivity contribution in [2.45, 2.75) is 0 Å². The van der Waals surface area contributed by atoms with Gasteiger partial charge in [0, 0.05) is 36.9 Å². The molecule has 0 aliphatic rings. The van der Waals surface area contributed by atoms with Crippen LogP contribution in [0.25, 0.3) is 63.6 Å². The van der Waals surface area contributed by atoms with Crippen molar-refractivity contribution in [3.8, 4) is 11.1 Å². The third-order valence-electron chi connectivity index (χ3n) is 8.81. The van der Waals surface area contributed by atoms with Crippen molar-refractivity contribution < 1.29 is 0 Å². The first-order chi connectivity index (χ1) is 21.8. The van der Waals surface area contributed by atoms with E-state index < -0.39 is 0 Å². The Bertz CT molecular complexity index is 2500. The molecule has 0 aliphatic heterocycles. The minimum Gasteiger partial charge on any atom is -0.310 e. The first kappa shape index (κ1) is 25.1. The third kappa shape index (κ3) is 4.07. The zero-order valence-corrected chi connectivity index (χ0v) is 24.8. The van der Waals surface area contributed by atoms with E-state index >= 15 is 0 Å². The molecule has 1 heterocycles. The van der Waals surface area contributed by atoms with Crippen LogP contribution in [0.5, 0.6) is 0 Å². The molecule has 0 N–H and O–H groups in total. The molecule has 0 unspecified atom stereocenters. The predicted molar refractivity (Wildman–Crippen MR) is 192 cm³/mol. The van der Waals surface area contributed by atoms with Crippen LogP contribution in [0.15, 0.2) is 164 Å². The number of thiophene rings is 1. The Labute approximate surface area is 259 Å². The van der Waals surface area contributed by atoms with Crippen molar-refractivity contribution in [2.75, 3.05) is 4.90 Å². The second kappa shape index (κ2) is 10.1. The summed E-state index contributed by atoms with van der Waals surface area (Å²) in [6, 6.07) is 59.9. The molecule has 0 spiro atoms. The molecule has 0 saturated carbocycles. The molecule has 0 atom stereocenters. The predicted octanol–water partition coefficient (Wildman–Crippen LogP) is 12.7. The summed E-state index contributed by atoms with van der Waals surface area (Å²) in [5, 5.41) is 10.1. The van der Waals surface area contributed by atoms with E-state index in [9.17, 15) is 0 Å². The topological polar surface area (TPSA) is 3.24 Å². The summed E-state index contributed by atoms with van der Waals surface area (Å²) in [5.41, 5.74) is 5.90. The highest BCUT2D eigenvalue weighted by Crippen LogP contribution is 2.44. The lowest BCUT2D eigenvalue weighted by Gasteiger charge is -2.28. The van der Waals surface area contributed by atoms with Crippen molar-refractivity contribution >= 4 is 80.9 Å². The van der Waals surface area contributed by atoms with Gasteiger partial charge in [-0.1, -0.05) is 115 Å². The molecular weight excluding hydrogens is 551 g/mol. The van der Waals surface area contributed by atoms with E-state index in [1.54, 1.807) is 0 Å². The number of nitrogens with zero attached hydrogens (tertiary/aromatic N) is 1. The maximum atomic E-state index is 2.44. The Morgan fingerprint density at radius 2 is 0.955 bits per heavy atom. The smallest absolute Gasteiger partial charge is 0.0546 e. The molecule has 0 bridgehead atoms. The van der Waals surface area contributed by atoms with Crippen LogP contribution in [0.4, 0.5) is 17.1 Å². The molecule has 0 radical (unpaired) electrons. The van der Waals surface area contributed by atoms with Gasteiger partial charge >= 0.3 is 0 Å². The fraction of sp³-hybridized carbons (Fsp3) is 0. The van der Waals surface area contributed by atoms with E-state index in [-0.39, 0.29) is 0 Å². The molecule has 0 fully saturated rings. The summed E-state index contributed by atoms with van der Waals surface area (Å²) in [6.07, 6.45) is 0. The van der Waals surface area contributed by atoms with Crippen molar-refractivity contribution in [1.29, 1.82) is 0 Å². The molecule has 206 valence electrons. The van der Waals surface area contributed by atoms with Crippen molar-refractivity contribution in [3.63, 3.8) is 0 Å². The summed E-state index contributed by atoms with van der Waals surface area (Å²) < 4.78 is 2.63. The molecule has 8 aromatic carbocycles. The zero-order chi connectivity index (χ0) is 29.0. The molecule has 9 aromatic rings. The van der Waals surface area contributed by atoms with Gasteiger partial charge in [0.2, 0.25) is 0 Å². The maximum absolute atomic E-state index is 2.44. The Morgan fingerprint density at radius 1 is 0.341 bits per heavy atom. The second-order valence-electron chi connectivity index (χ2n) is 11.4. The number of fused-ring (bicyclic) bond motifs is 7. The van der Waals surface area contributed by atoms with Gasteiger partial charge in [-0.15, -0.1) is 11.3 Å². The average Bonchev–Trinajstić information content (AvgIpc) is 3.47. The van der Waals surface area contributed by atoms with E-state index in [2.05, 4.69) is 169 Å². The largest absolute Gasteiger partial charge is 0.310 e. The van der Waals surface area contributed by atoms with Gasteiger partial charge in [-0.3, -0.25) is 0 Å². The maximum Gasteiger partial charge on any atom is 0.0546 e. The number of hydrogen-bond donors (Lipinski definition) is 0. The van der Waals surface area contributed by atoms with E-state index in [0.717, 1.165) is 11.4 Å². The molecule has 0 aliphatic carbocycles. The quantitative estimate of drug-likeness (QED) is 0.188. The van der Waals surface area contributed by atoms with Crippen molar-refractivity contribution in [3.05, 3.63) is 164 Å². The van der Waals surface area contributed by atoms with Crippen LogP contribution in [0.1, 0.15) is 0 Å². The van der Waals surface area contributed by atoms with Crippen molar-refractivity contribution in [1.82, 2.24) is 0 Å². The van der Waals surface area contributed by atoms with E-state index in [1.807, 2.05) is 11.3 Å². The Hall–Kier alpha value is -5.44. The third-order valence-corrected chi connectivity index (χ3v) is 9.97. The van der Waals surface area contributed by atoms with Gasteiger partial charge in [-0.2, -0.15) is 0 Å². The van der Waals surface area contributed by atoms with Crippen molar-refractivity contribution in [2.24, 2.45) is 0 Å². The summed E-state index contributed by atoms with van der Waals surface area (Å²) in [7, 11) is 0. The zero-order valence-electron chi connectivity index (χ0n) is 23.9. The van der Waals surface area contributed by atoms with Gasteiger partial charge in [-0.25, -0.2) is 0 Å². The van der Waals surface area contributed by atoms with E-state index in [0.29, 0.717) is 0 Å². The first-order valence-corrected chi connectivity index (χ1v) is 15.8. The monoisotopic (exact) mass is 577 g/mol. The molecule has 0 saturated heterocycles. The molecular formula is C42H27NS. The lowest BCUT2D eigenvalue weighted by Crippen LogP contribution is -2.10. The molecule has 0 amide bonds. The number of anilines is 3. The van der Waals surface area contributed by atoms with Gasteiger partial charge in [0.15, 0.2) is 0 Å². The fourth-order valence-corrected chi connectivity index (χ4v) is 7.76. The normalized spacial score (nSPS) is 11.6. The molecule has 44 heavy (non-hydrogen) atoms. The van der Waals surface area contributed by atoms with E-state index in [4.69, 9.17) is 0 Å². The summed E-state index contributed by atoms with van der Waals surface area (Å²) >= 11 is 1.86. The van der Waals surface area contributed by atoms with Crippen LogP contribution in [0, 0.1) is 0 Å². The fourth-order valence-electron chi connectivity index (χ4n) is 6.67. The molecule has 2 heteroatoms. The van der Waals surface area contributed by atoms with Gasteiger partial charge in [-0.05, 0) is 86.6 Å². The summed E-state index contributed by atoms with van der Waals surface area (Å²) in [4.78, 5) is 2.44. The van der Waals surface area contributed by atoms with Crippen LogP contribution in [0.3, 0.4) is 0 Å². The molecule has 1 aromatic heterocycles. The molecule has 9 rings (SSSR count). The van der Waals surface area contributed by atoms with E-state index in [1.165, 1.54) is 69.3 Å². The Morgan fingerprint density at radius 3 is 1.80 bits per heavy atom. The van der Waals surface area contributed by atoms with Crippen LogP contribution in [-0.4, -0.2) is 0 Å². The SMILES string of the molecule is c1ccc2cc(-c3ccc(N(c4ccc5sc6ccccc6c5c4)c4cc5ccccc5c5ccccc45)cc3)ccc2c1. The number of rotatable bonds is 4. The minimum absolute atomic E-state index is 1.13. The number of hydrogen-bond acceptors (Lipinski definition) is 2. The standard InChI is InChI=1S/C42H27NS/c1-2-10-30-25-31(18-17-28(30)9-1)29-19-21-33(22-20-29)43(34-23-24-42-39(27-34)38-15-7-8-16-41(38)44-42)40-26-32-11-3-4-12-35(32)36-13-5-6-14-37(36)40/h1-27H.